The molecular weight excluding hydrogens is 427 g/mol. The van der Waals surface area contributed by atoms with Crippen LogP contribution in [0.3, 0.4) is 0 Å². The number of para-hydroxylation sites is 1. The molecule has 1 N–H and O–H groups in total. The molecule has 1 unspecified atom stereocenters. The van der Waals surface area contributed by atoms with E-state index in [9.17, 15) is 18.8 Å². The summed E-state index contributed by atoms with van der Waals surface area (Å²) in [5.74, 6) is 0.146. The Balaban J connectivity index is 1.45. The number of halogens is 1. The molecule has 4 rings (SSSR count). The van der Waals surface area contributed by atoms with E-state index < -0.39 is 36.2 Å². The highest BCUT2D eigenvalue weighted by molar-refractivity contribution is 5.99. The topological polar surface area (TPSA) is 84.9 Å². The van der Waals surface area contributed by atoms with Gasteiger partial charge < -0.3 is 19.7 Å². The summed E-state index contributed by atoms with van der Waals surface area (Å²) >= 11 is 0. The minimum atomic E-state index is -1.42. The quantitative estimate of drug-likeness (QED) is 0.695. The van der Waals surface area contributed by atoms with E-state index in [1.54, 1.807) is 24.3 Å². The number of alkyl halides is 1. The summed E-state index contributed by atoms with van der Waals surface area (Å²) in [5, 5.41) is 2.77. The number of fused-ring (bicyclic) bond motifs is 1. The molecule has 0 aliphatic carbocycles. The first-order chi connectivity index (χ1) is 15.8. The molecule has 0 radical (unpaired) electrons. The third kappa shape index (κ3) is 5.06. The van der Waals surface area contributed by atoms with E-state index in [4.69, 9.17) is 9.47 Å². The second kappa shape index (κ2) is 9.70. The van der Waals surface area contributed by atoms with Crippen molar-refractivity contribution in [2.45, 2.75) is 44.6 Å². The number of carbonyl (C=O) groups excluding carboxylic acids is 3. The van der Waals surface area contributed by atoms with Gasteiger partial charge in [0.15, 0.2) is 5.78 Å². The molecule has 2 aliphatic heterocycles. The van der Waals surface area contributed by atoms with Gasteiger partial charge in [0.1, 0.15) is 42.5 Å². The summed E-state index contributed by atoms with van der Waals surface area (Å²) in [6.07, 6.45) is -1.98. The van der Waals surface area contributed by atoms with Crippen molar-refractivity contribution in [3.63, 3.8) is 0 Å². The molecule has 0 bridgehead atoms. The second-order valence-electron chi connectivity index (χ2n) is 8.79. The lowest BCUT2D eigenvalue weighted by Crippen LogP contribution is -2.52. The predicted octanol–water partition coefficient (Wildman–Crippen LogP) is 3.14. The van der Waals surface area contributed by atoms with Gasteiger partial charge in [0.05, 0.1) is 6.54 Å². The van der Waals surface area contributed by atoms with Crippen LogP contribution in [0, 0.1) is 5.92 Å². The Morgan fingerprint density at radius 1 is 1.12 bits per heavy atom. The first-order valence-electron chi connectivity index (χ1n) is 11.1. The molecule has 2 aromatic rings. The zero-order chi connectivity index (χ0) is 23.5. The fraction of sp³-hybridized carbons (Fsp3) is 0.400. The molecule has 2 heterocycles. The lowest BCUT2D eigenvalue weighted by molar-refractivity contribution is -0.138. The molecule has 0 spiro atoms. The molecule has 4 atom stereocenters. The van der Waals surface area contributed by atoms with Crippen LogP contribution in [0.2, 0.25) is 0 Å². The van der Waals surface area contributed by atoms with Crippen molar-refractivity contribution in [3.05, 3.63) is 60.2 Å². The van der Waals surface area contributed by atoms with Crippen molar-refractivity contribution in [1.29, 1.82) is 0 Å². The van der Waals surface area contributed by atoms with Crippen molar-refractivity contribution in [2.24, 2.45) is 5.92 Å². The molecule has 2 aromatic carbocycles. The van der Waals surface area contributed by atoms with Crippen LogP contribution in [-0.4, -0.2) is 60.0 Å². The van der Waals surface area contributed by atoms with E-state index in [0.717, 1.165) is 0 Å². The highest BCUT2D eigenvalue weighted by Gasteiger charge is 2.53. The number of amides is 2. The van der Waals surface area contributed by atoms with E-state index in [-0.39, 0.29) is 24.9 Å². The predicted molar refractivity (Wildman–Crippen MR) is 119 cm³/mol. The number of benzene rings is 2. The monoisotopic (exact) mass is 454 g/mol. The third-order valence-electron chi connectivity index (χ3n) is 5.81. The van der Waals surface area contributed by atoms with E-state index in [1.807, 2.05) is 44.2 Å². The Bertz CT molecular complexity index is 1010. The molecule has 8 heteroatoms. The molecule has 2 saturated heterocycles. The van der Waals surface area contributed by atoms with E-state index in [0.29, 0.717) is 23.5 Å². The number of Topliss-reactive ketones (excluding diaryl/α,β-unsaturated/α-hetero) is 1. The molecule has 2 amide bonds. The van der Waals surface area contributed by atoms with Gasteiger partial charge in [0.25, 0.3) is 5.91 Å². The fourth-order valence-corrected chi connectivity index (χ4v) is 4.26. The zero-order valence-electron chi connectivity index (χ0n) is 18.6. The molecule has 7 nitrogen and oxygen atoms in total. The Labute approximate surface area is 191 Å². The molecule has 174 valence electrons. The Morgan fingerprint density at radius 3 is 2.45 bits per heavy atom. The number of carbonyl (C=O) groups is 3. The number of hydrogen-bond acceptors (Lipinski definition) is 5. The van der Waals surface area contributed by atoms with Crippen LogP contribution in [0.4, 0.5) is 4.39 Å². The molecule has 33 heavy (non-hydrogen) atoms. The minimum absolute atomic E-state index is 0.0935. The maximum Gasteiger partial charge on any atom is 0.251 e. The molecule has 0 saturated carbocycles. The van der Waals surface area contributed by atoms with Crippen LogP contribution in [0.25, 0.3) is 0 Å². The van der Waals surface area contributed by atoms with Crippen LogP contribution >= 0.6 is 0 Å². The standard InChI is InChI=1S/C25H27FN2O5/c1-15(2)12-20(25(31)28-13-19(26)23-22(28)21(29)14-32-23)27-24(30)16-8-10-18(11-9-16)33-17-6-4-3-5-7-17/h3-11,15,19-20,22-23H,12-14H2,1-2H3,(H,27,30)/t19-,20?,22+,23+/m0/s1. The summed E-state index contributed by atoms with van der Waals surface area (Å²) in [5.41, 5.74) is 0.361. The molecule has 0 aromatic heterocycles. The van der Waals surface area contributed by atoms with Gasteiger partial charge in [-0.1, -0.05) is 32.0 Å². The summed E-state index contributed by atoms with van der Waals surface area (Å²) in [4.78, 5) is 39.6. The largest absolute Gasteiger partial charge is 0.457 e. The van der Waals surface area contributed by atoms with Crippen molar-refractivity contribution < 1.29 is 28.2 Å². The average Bonchev–Trinajstić information content (AvgIpc) is 3.34. The van der Waals surface area contributed by atoms with Gasteiger partial charge >= 0.3 is 0 Å². The Hall–Kier alpha value is -3.26. The van der Waals surface area contributed by atoms with Crippen molar-refractivity contribution in [3.8, 4) is 11.5 Å². The summed E-state index contributed by atoms with van der Waals surface area (Å²) in [6.45, 7) is 3.45. The highest BCUT2D eigenvalue weighted by atomic mass is 19.1. The summed E-state index contributed by atoms with van der Waals surface area (Å²) in [7, 11) is 0. The number of ether oxygens (including phenoxy) is 2. The van der Waals surface area contributed by atoms with Crippen LogP contribution in [0.5, 0.6) is 11.5 Å². The van der Waals surface area contributed by atoms with Gasteiger partial charge in [-0.2, -0.15) is 0 Å². The maximum absolute atomic E-state index is 14.3. The molecule has 2 aliphatic rings. The van der Waals surface area contributed by atoms with Gasteiger partial charge in [-0.3, -0.25) is 14.4 Å². The molecule has 2 fully saturated rings. The van der Waals surface area contributed by atoms with Gasteiger partial charge in [0.2, 0.25) is 5.91 Å². The number of hydrogen-bond donors (Lipinski definition) is 1. The number of rotatable bonds is 7. The van der Waals surface area contributed by atoms with Crippen molar-refractivity contribution in [2.75, 3.05) is 13.2 Å². The lowest BCUT2D eigenvalue weighted by atomic mass is 10.0. The Kier molecular flexibility index (Phi) is 6.74. The highest BCUT2D eigenvalue weighted by Crippen LogP contribution is 2.30. The number of nitrogens with one attached hydrogen (secondary N) is 1. The van der Waals surface area contributed by atoms with E-state index >= 15 is 0 Å². The van der Waals surface area contributed by atoms with Crippen LogP contribution in [0.15, 0.2) is 54.6 Å². The first-order valence-corrected chi connectivity index (χ1v) is 11.1. The second-order valence-corrected chi connectivity index (χ2v) is 8.79. The van der Waals surface area contributed by atoms with E-state index in [2.05, 4.69) is 5.32 Å². The number of nitrogens with zero attached hydrogens (tertiary/aromatic N) is 1. The minimum Gasteiger partial charge on any atom is -0.457 e. The van der Waals surface area contributed by atoms with Crippen LogP contribution < -0.4 is 10.1 Å². The summed E-state index contributed by atoms with van der Waals surface area (Å²) in [6, 6.07) is 14.0. The van der Waals surface area contributed by atoms with Crippen molar-refractivity contribution >= 4 is 17.6 Å². The maximum atomic E-state index is 14.3. The van der Waals surface area contributed by atoms with Crippen molar-refractivity contribution in [1.82, 2.24) is 10.2 Å². The van der Waals surface area contributed by atoms with E-state index in [1.165, 1.54) is 4.90 Å². The molecular formula is C25H27FN2O5. The zero-order valence-corrected chi connectivity index (χ0v) is 18.6. The summed E-state index contributed by atoms with van der Waals surface area (Å²) < 4.78 is 25.3. The lowest BCUT2D eigenvalue weighted by Gasteiger charge is -2.28. The first kappa shape index (κ1) is 22.9. The number of ketones is 1. The van der Waals surface area contributed by atoms with Gasteiger partial charge in [-0.05, 0) is 48.7 Å². The smallest absolute Gasteiger partial charge is 0.251 e. The Morgan fingerprint density at radius 2 is 1.79 bits per heavy atom. The normalized spacial score (nSPS) is 22.8. The number of likely N-dealkylation sites (tertiary alicyclic amines) is 1. The van der Waals surface area contributed by atoms with Gasteiger partial charge in [-0.25, -0.2) is 4.39 Å². The third-order valence-corrected chi connectivity index (χ3v) is 5.81. The average molecular weight is 454 g/mol. The van der Waals surface area contributed by atoms with Gasteiger partial charge in [0, 0.05) is 5.56 Å². The fourth-order valence-electron chi connectivity index (χ4n) is 4.26. The van der Waals surface area contributed by atoms with Gasteiger partial charge in [-0.15, -0.1) is 0 Å². The van der Waals surface area contributed by atoms with Crippen LogP contribution in [-0.2, 0) is 14.3 Å². The van der Waals surface area contributed by atoms with Crippen LogP contribution in [0.1, 0.15) is 30.6 Å². The SMILES string of the molecule is CC(C)CC(NC(=O)c1ccc(Oc2ccccc2)cc1)C(=O)N1C[C@H](F)[C@H]2OCC(=O)[C@H]21.